The number of hydrogen-bond donors (Lipinski definition) is 1. The second kappa shape index (κ2) is 4.91. The Morgan fingerprint density at radius 3 is 3.00 bits per heavy atom. The van der Waals surface area contributed by atoms with Crippen LogP contribution in [0.1, 0.15) is 19.1 Å². The van der Waals surface area contributed by atoms with Crippen LogP contribution in [-0.2, 0) is 16.0 Å². The first-order valence-electron chi connectivity index (χ1n) is 5.56. The van der Waals surface area contributed by atoms with Crippen molar-refractivity contribution in [3.8, 4) is 5.75 Å². The number of carbonyl (C=O) groups excluding carboxylic acids is 1. The summed E-state index contributed by atoms with van der Waals surface area (Å²) in [5, 5.41) is 10.3. The van der Waals surface area contributed by atoms with Crippen LogP contribution in [0.5, 0.6) is 5.75 Å². The van der Waals surface area contributed by atoms with Crippen LogP contribution in [0.3, 0.4) is 0 Å². The molecule has 0 saturated carbocycles. The van der Waals surface area contributed by atoms with Gasteiger partial charge in [0.15, 0.2) is 0 Å². The van der Waals surface area contributed by atoms with Crippen molar-refractivity contribution in [1.29, 1.82) is 0 Å². The van der Waals surface area contributed by atoms with E-state index in [4.69, 9.17) is 9.15 Å². The lowest BCUT2D eigenvalue weighted by molar-refractivity contribution is -0.143. The molecule has 0 fully saturated rings. The van der Waals surface area contributed by atoms with E-state index < -0.39 is 0 Å². The first kappa shape index (κ1) is 11.5. The molecule has 4 heteroatoms. The molecule has 2 aromatic rings. The predicted octanol–water partition coefficient (Wildman–Crippen LogP) is 2.63. The zero-order valence-corrected chi connectivity index (χ0v) is 9.60. The first-order chi connectivity index (χ1) is 8.20. The lowest BCUT2D eigenvalue weighted by Gasteiger charge is -1.98. The molecule has 1 N–H and O–H groups in total. The number of phenols is 1. The van der Waals surface area contributed by atoms with Crippen LogP contribution >= 0.6 is 0 Å². The van der Waals surface area contributed by atoms with Crippen LogP contribution in [0.2, 0.25) is 0 Å². The summed E-state index contributed by atoms with van der Waals surface area (Å²) in [4.78, 5) is 11.2. The number of ether oxygens (including phenoxy) is 1. The Labute approximate surface area is 98.8 Å². The van der Waals surface area contributed by atoms with Crippen LogP contribution in [0.25, 0.3) is 11.0 Å². The molecule has 0 aliphatic heterocycles. The summed E-state index contributed by atoms with van der Waals surface area (Å²) in [6, 6.07) is 6.86. The number of furan rings is 1. The Balaban J connectivity index is 2.10. The van der Waals surface area contributed by atoms with Gasteiger partial charge in [0, 0.05) is 6.42 Å². The van der Waals surface area contributed by atoms with Crippen molar-refractivity contribution < 1.29 is 19.1 Å². The molecule has 2 rings (SSSR count). The molecule has 0 atom stereocenters. The van der Waals surface area contributed by atoms with E-state index in [0.717, 1.165) is 0 Å². The average molecular weight is 234 g/mol. The molecule has 4 nitrogen and oxygen atoms in total. The molecule has 0 saturated heterocycles. The summed E-state index contributed by atoms with van der Waals surface area (Å²) >= 11 is 0. The van der Waals surface area contributed by atoms with Gasteiger partial charge in [-0.25, -0.2) is 0 Å². The standard InChI is InChI=1S/C13H14O4/c1-2-16-13(15)7-6-9-8-10-11(14)4-3-5-12(10)17-9/h3-5,8,14H,2,6-7H2,1H3. The van der Waals surface area contributed by atoms with E-state index in [1.165, 1.54) is 0 Å². The number of carbonyl (C=O) groups is 1. The fourth-order valence-electron chi connectivity index (χ4n) is 1.68. The Morgan fingerprint density at radius 1 is 1.47 bits per heavy atom. The Hall–Kier alpha value is -1.97. The Bertz CT molecular complexity index is 527. The maximum absolute atomic E-state index is 11.2. The number of benzene rings is 1. The topological polar surface area (TPSA) is 59.7 Å². The number of rotatable bonds is 4. The van der Waals surface area contributed by atoms with Gasteiger partial charge in [-0.05, 0) is 25.1 Å². The van der Waals surface area contributed by atoms with E-state index in [9.17, 15) is 9.90 Å². The van der Waals surface area contributed by atoms with Crippen LogP contribution in [0, 0.1) is 0 Å². The predicted molar refractivity (Wildman–Crippen MR) is 62.8 cm³/mol. The molecule has 1 aromatic carbocycles. The third kappa shape index (κ3) is 2.58. The SMILES string of the molecule is CCOC(=O)CCc1cc2c(O)cccc2o1. The third-order valence-electron chi connectivity index (χ3n) is 2.47. The van der Waals surface area contributed by atoms with Crippen LogP contribution < -0.4 is 0 Å². The van der Waals surface area contributed by atoms with Gasteiger partial charge in [0.05, 0.1) is 18.4 Å². The van der Waals surface area contributed by atoms with Gasteiger partial charge in [-0.15, -0.1) is 0 Å². The highest BCUT2D eigenvalue weighted by Crippen LogP contribution is 2.27. The van der Waals surface area contributed by atoms with Crippen molar-refractivity contribution in [3.05, 3.63) is 30.0 Å². The average Bonchev–Trinajstić information content (AvgIpc) is 2.71. The molecular formula is C13H14O4. The molecule has 17 heavy (non-hydrogen) atoms. The minimum absolute atomic E-state index is 0.189. The van der Waals surface area contributed by atoms with E-state index in [0.29, 0.717) is 29.8 Å². The quantitative estimate of drug-likeness (QED) is 0.826. The second-order valence-electron chi connectivity index (χ2n) is 3.71. The van der Waals surface area contributed by atoms with Crippen LogP contribution in [0.4, 0.5) is 0 Å². The molecule has 1 aromatic heterocycles. The van der Waals surface area contributed by atoms with Crippen LogP contribution in [-0.4, -0.2) is 17.7 Å². The lowest BCUT2D eigenvalue weighted by atomic mass is 10.2. The van der Waals surface area contributed by atoms with Crippen molar-refractivity contribution in [1.82, 2.24) is 0 Å². The van der Waals surface area contributed by atoms with Gasteiger partial charge < -0.3 is 14.3 Å². The summed E-state index contributed by atoms with van der Waals surface area (Å²) in [6.45, 7) is 2.16. The molecule has 0 aliphatic carbocycles. The summed E-state index contributed by atoms with van der Waals surface area (Å²) < 4.78 is 10.3. The van der Waals surface area contributed by atoms with Gasteiger partial charge >= 0.3 is 5.97 Å². The van der Waals surface area contributed by atoms with Crippen molar-refractivity contribution in [3.63, 3.8) is 0 Å². The van der Waals surface area contributed by atoms with Gasteiger partial charge in [0.1, 0.15) is 17.1 Å². The van der Waals surface area contributed by atoms with Gasteiger partial charge in [-0.2, -0.15) is 0 Å². The largest absolute Gasteiger partial charge is 0.507 e. The molecule has 90 valence electrons. The van der Waals surface area contributed by atoms with Crippen molar-refractivity contribution >= 4 is 16.9 Å². The van der Waals surface area contributed by atoms with E-state index >= 15 is 0 Å². The summed E-state index contributed by atoms with van der Waals surface area (Å²) in [5.74, 6) is 0.625. The molecule has 0 amide bonds. The molecule has 0 aliphatic rings. The number of hydrogen-bond acceptors (Lipinski definition) is 4. The second-order valence-corrected chi connectivity index (χ2v) is 3.71. The highest BCUT2D eigenvalue weighted by Gasteiger charge is 2.09. The number of phenolic OH excluding ortho intramolecular Hbond substituents is 1. The monoisotopic (exact) mass is 234 g/mol. The number of fused-ring (bicyclic) bond motifs is 1. The van der Waals surface area contributed by atoms with Crippen molar-refractivity contribution in [2.24, 2.45) is 0 Å². The third-order valence-corrected chi connectivity index (χ3v) is 2.47. The molecule has 0 unspecified atom stereocenters. The summed E-state index contributed by atoms with van der Waals surface area (Å²) in [5.41, 5.74) is 0.629. The zero-order valence-electron chi connectivity index (χ0n) is 9.60. The smallest absolute Gasteiger partial charge is 0.306 e. The maximum Gasteiger partial charge on any atom is 0.306 e. The number of esters is 1. The van der Waals surface area contributed by atoms with Gasteiger partial charge in [-0.3, -0.25) is 4.79 Å². The minimum Gasteiger partial charge on any atom is -0.507 e. The van der Waals surface area contributed by atoms with Crippen molar-refractivity contribution in [2.45, 2.75) is 19.8 Å². The van der Waals surface area contributed by atoms with E-state index in [2.05, 4.69) is 0 Å². The molecule has 0 radical (unpaired) electrons. The summed E-state index contributed by atoms with van der Waals surface area (Å²) in [7, 11) is 0. The maximum atomic E-state index is 11.2. The molecular weight excluding hydrogens is 220 g/mol. The normalized spacial score (nSPS) is 10.6. The minimum atomic E-state index is -0.239. The van der Waals surface area contributed by atoms with Crippen LogP contribution in [0.15, 0.2) is 28.7 Å². The zero-order chi connectivity index (χ0) is 12.3. The number of aryl methyl sites for hydroxylation is 1. The van der Waals surface area contributed by atoms with Gasteiger partial charge in [0.2, 0.25) is 0 Å². The summed E-state index contributed by atoms with van der Waals surface area (Å²) in [6.07, 6.45) is 0.765. The van der Waals surface area contributed by atoms with Crippen molar-refractivity contribution in [2.75, 3.05) is 6.61 Å². The molecule has 0 spiro atoms. The fourth-order valence-corrected chi connectivity index (χ4v) is 1.68. The number of aromatic hydroxyl groups is 1. The van der Waals surface area contributed by atoms with E-state index in [1.54, 1.807) is 31.2 Å². The molecule has 0 bridgehead atoms. The fraction of sp³-hybridized carbons (Fsp3) is 0.308. The van der Waals surface area contributed by atoms with Gasteiger partial charge in [-0.1, -0.05) is 6.07 Å². The van der Waals surface area contributed by atoms with E-state index in [-0.39, 0.29) is 18.1 Å². The lowest BCUT2D eigenvalue weighted by Crippen LogP contribution is -2.04. The highest BCUT2D eigenvalue weighted by atomic mass is 16.5. The molecule has 1 heterocycles. The Morgan fingerprint density at radius 2 is 2.29 bits per heavy atom. The van der Waals surface area contributed by atoms with E-state index in [1.807, 2.05) is 0 Å². The Kier molecular flexibility index (Phi) is 3.32. The highest BCUT2D eigenvalue weighted by molar-refractivity contribution is 5.84. The first-order valence-corrected chi connectivity index (χ1v) is 5.56. The van der Waals surface area contributed by atoms with Gasteiger partial charge in [0.25, 0.3) is 0 Å².